The Morgan fingerprint density at radius 1 is 1.07 bits per heavy atom. The second kappa shape index (κ2) is 9.53. The van der Waals surface area contributed by atoms with E-state index in [9.17, 15) is 14.4 Å². The minimum atomic E-state index is -0.671. The third-order valence-electron chi connectivity index (χ3n) is 3.39. The zero-order valence-electron chi connectivity index (χ0n) is 14.5. The van der Waals surface area contributed by atoms with Crippen molar-refractivity contribution in [3.8, 4) is 6.07 Å². The van der Waals surface area contributed by atoms with Crippen LogP contribution in [0.4, 0.5) is 5.69 Å². The zero-order valence-corrected chi connectivity index (χ0v) is 14.5. The average molecular weight is 364 g/mol. The second-order valence-corrected chi connectivity index (χ2v) is 5.29. The summed E-state index contributed by atoms with van der Waals surface area (Å²) in [6.45, 7) is -0.449. The lowest BCUT2D eigenvalue weighted by atomic mass is 10.1. The summed E-state index contributed by atoms with van der Waals surface area (Å²) in [6, 6.07) is 14.7. The van der Waals surface area contributed by atoms with Crippen LogP contribution >= 0.6 is 0 Å². The van der Waals surface area contributed by atoms with Gasteiger partial charge in [-0.05, 0) is 48.0 Å². The Hall–Kier alpha value is -3.92. The predicted octanol–water partition coefficient (Wildman–Crippen LogP) is 2.54. The van der Waals surface area contributed by atoms with Crippen molar-refractivity contribution >= 4 is 29.6 Å². The van der Waals surface area contributed by atoms with Crippen molar-refractivity contribution in [2.45, 2.75) is 0 Å². The lowest BCUT2D eigenvalue weighted by Crippen LogP contribution is -2.20. The van der Waals surface area contributed by atoms with E-state index in [0.29, 0.717) is 16.8 Å². The number of amides is 1. The summed E-state index contributed by atoms with van der Waals surface area (Å²) < 4.78 is 9.44. The van der Waals surface area contributed by atoms with E-state index in [0.717, 1.165) is 5.56 Å². The average Bonchev–Trinajstić information content (AvgIpc) is 2.71. The molecule has 2 rings (SSSR count). The van der Waals surface area contributed by atoms with Crippen molar-refractivity contribution in [3.05, 3.63) is 71.3 Å². The number of rotatable bonds is 6. The molecule has 0 aliphatic rings. The Balaban J connectivity index is 1.80. The topological polar surface area (TPSA) is 105 Å². The SMILES string of the molecule is COC(=O)c1ccc(NC(=O)COC(=O)/C=C/c2ccc(C#N)cc2)cc1. The molecule has 0 fully saturated rings. The van der Waals surface area contributed by atoms with E-state index in [2.05, 4.69) is 10.1 Å². The van der Waals surface area contributed by atoms with Crippen LogP contribution in [0.25, 0.3) is 6.08 Å². The monoisotopic (exact) mass is 364 g/mol. The number of nitriles is 1. The van der Waals surface area contributed by atoms with E-state index in [-0.39, 0.29) is 0 Å². The van der Waals surface area contributed by atoms with Gasteiger partial charge >= 0.3 is 11.9 Å². The quantitative estimate of drug-likeness (QED) is 0.624. The maximum Gasteiger partial charge on any atom is 0.337 e. The number of hydrogen-bond acceptors (Lipinski definition) is 6. The van der Waals surface area contributed by atoms with Crippen molar-refractivity contribution in [3.63, 3.8) is 0 Å². The van der Waals surface area contributed by atoms with Crippen LogP contribution in [0, 0.1) is 11.3 Å². The maximum atomic E-state index is 11.8. The van der Waals surface area contributed by atoms with E-state index >= 15 is 0 Å². The van der Waals surface area contributed by atoms with Crippen LogP contribution < -0.4 is 5.32 Å². The number of ether oxygens (including phenoxy) is 2. The Labute approximate surface area is 155 Å². The number of benzene rings is 2. The van der Waals surface area contributed by atoms with Crippen LogP contribution in [-0.2, 0) is 19.1 Å². The standard InChI is InChI=1S/C20H16N2O5/c1-26-20(25)16-7-9-17(10-8-16)22-18(23)13-27-19(24)11-6-14-2-4-15(12-21)5-3-14/h2-11H,13H2,1H3,(H,22,23)/b11-6+. The number of anilines is 1. The first-order valence-electron chi connectivity index (χ1n) is 7.85. The third kappa shape index (κ3) is 6.14. The fraction of sp³-hybridized carbons (Fsp3) is 0.100. The summed E-state index contributed by atoms with van der Waals surface area (Å²) in [5.41, 5.74) is 2.05. The highest BCUT2D eigenvalue weighted by molar-refractivity contribution is 5.95. The van der Waals surface area contributed by atoms with Crippen molar-refractivity contribution in [1.29, 1.82) is 5.26 Å². The van der Waals surface area contributed by atoms with Crippen LogP contribution in [-0.4, -0.2) is 31.6 Å². The first kappa shape index (κ1) is 19.4. The Morgan fingerprint density at radius 3 is 2.33 bits per heavy atom. The molecule has 0 atom stereocenters. The first-order chi connectivity index (χ1) is 13.0. The highest BCUT2D eigenvalue weighted by atomic mass is 16.5. The van der Waals surface area contributed by atoms with E-state index < -0.39 is 24.5 Å². The molecule has 0 bridgehead atoms. The van der Waals surface area contributed by atoms with Gasteiger partial charge in [0.2, 0.25) is 0 Å². The van der Waals surface area contributed by atoms with Crippen molar-refractivity contribution in [2.75, 3.05) is 19.0 Å². The van der Waals surface area contributed by atoms with Gasteiger partial charge in [0, 0.05) is 11.8 Å². The fourth-order valence-corrected chi connectivity index (χ4v) is 2.02. The fourth-order valence-electron chi connectivity index (χ4n) is 2.02. The molecular weight excluding hydrogens is 348 g/mol. The molecule has 7 heteroatoms. The molecule has 2 aromatic carbocycles. The number of nitrogens with zero attached hydrogens (tertiary/aromatic N) is 1. The first-order valence-corrected chi connectivity index (χ1v) is 7.85. The smallest absolute Gasteiger partial charge is 0.337 e. The van der Waals surface area contributed by atoms with Gasteiger partial charge in [0.05, 0.1) is 24.3 Å². The number of methoxy groups -OCH3 is 1. The van der Waals surface area contributed by atoms with Crippen LogP contribution in [0.2, 0.25) is 0 Å². The largest absolute Gasteiger partial charge is 0.465 e. The van der Waals surface area contributed by atoms with Gasteiger partial charge < -0.3 is 14.8 Å². The Kier molecular flexibility index (Phi) is 6.85. The molecule has 27 heavy (non-hydrogen) atoms. The lowest BCUT2D eigenvalue weighted by molar-refractivity contribution is -0.142. The molecule has 136 valence electrons. The van der Waals surface area contributed by atoms with Gasteiger partial charge in [0.25, 0.3) is 5.91 Å². The zero-order chi connectivity index (χ0) is 19.6. The molecule has 0 aromatic heterocycles. The van der Waals surface area contributed by atoms with Gasteiger partial charge in [-0.25, -0.2) is 9.59 Å². The second-order valence-electron chi connectivity index (χ2n) is 5.29. The van der Waals surface area contributed by atoms with Crippen LogP contribution in [0.1, 0.15) is 21.5 Å². The number of carbonyl (C=O) groups excluding carboxylic acids is 3. The predicted molar refractivity (Wildman–Crippen MR) is 97.6 cm³/mol. The van der Waals surface area contributed by atoms with E-state index in [4.69, 9.17) is 10.00 Å². The normalized spacial score (nSPS) is 10.1. The highest BCUT2D eigenvalue weighted by Crippen LogP contribution is 2.10. The molecule has 1 amide bonds. The number of esters is 2. The van der Waals surface area contributed by atoms with Crippen LogP contribution in [0.5, 0.6) is 0 Å². The van der Waals surface area contributed by atoms with Gasteiger partial charge in [-0.1, -0.05) is 12.1 Å². The lowest BCUT2D eigenvalue weighted by Gasteiger charge is -2.06. The molecule has 0 saturated carbocycles. The summed E-state index contributed by atoms with van der Waals surface area (Å²) in [4.78, 5) is 34.8. The molecule has 0 spiro atoms. The van der Waals surface area contributed by atoms with Crippen molar-refractivity contribution in [2.24, 2.45) is 0 Å². The molecule has 0 aliphatic carbocycles. The molecule has 2 aromatic rings. The van der Waals surface area contributed by atoms with Crippen LogP contribution in [0.15, 0.2) is 54.6 Å². The number of carbonyl (C=O) groups is 3. The number of nitrogens with one attached hydrogen (secondary N) is 1. The molecule has 0 radical (unpaired) electrons. The molecule has 0 saturated heterocycles. The minimum absolute atomic E-state index is 0.356. The maximum absolute atomic E-state index is 11.8. The number of hydrogen-bond donors (Lipinski definition) is 1. The molecular formula is C20H16N2O5. The molecule has 0 heterocycles. The van der Waals surface area contributed by atoms with Gasteiger partial charge in [0.15, 0.2) is 6.61 Å². The van der Waals surface area contributed by atoms with E-state index in [1.165, 1.54) is 43.5 Å². The van der Waals surface area contributed by atoms with Crippen molar-refractivity contribution < 1.29 is 23.9 Å². The van der Waals surface area contributed by atoms with Crippen LogP contribution in [0.3, 0.4) is 0 Å². The Morgan fingerprint density at radius 2 is 1.74 bits per heavy atom. The van der Waals surface area contributed by atoms with Gasteiger partial charge in [-0.3, -0.25) is 4.79 Å². The summed E-state index contributed by atoms with van der Waals surface area (Å²) >= 11 is 0. The molecule has 0 unspecified atom stereocenters. The molecule has 0 aliphatic heterocycles. The van der Waals surface area contributed by atoms with Gasteiger partial charge in [-0.15, -0.1) is 0 Å². The van der Waals surface area contributed by atoms with Gasteiger partial charge in [0.1, 0.15) is 0 Å². The molecule has 7 nitrogen and oxygen atoms in total. The molecule has 1 N–H and O–H groups in total. The minimum Gasteiger partial charge on any atom is -0.465 e. The summed E-state index contributed by atoms with van der Waals surface area (Å²) in [5.74, 6) is -1.66. The van der Waals surface area contributed by atoms with E-state index in [1.807, 2.05) is 6.07 Å². The summed E-state index contributed by atoms with van der Waals surface area (Å²) in [7, 11) is 1.28. The highest BCUT2D eigenvalue weighted by Gasteiger charge is 2.08. The van der Waals surface area contributed by atoms with E-state index in [1.54, 1.807) is 24.3 Å². The van der Waals surface area contributed by atoms with Crippen molar-refractivity contribution in [1.82, 2.24) is 0 Å². The summed E-state index contributed by atoms with van der Waals surface area (Å²) in [5, 5.41) is 11.3. The van der Waals surface area contributed by atoms with Gasteiger partial charge in [-0.2, -0.15) is 5.26 Å². The third-order valence-corrected chi connectivity index (χ3v) is 3.39. The Bertz CT molecular complexity index is 893. The summed E-state index contributed by atoms with van der Waals surface area (Å²) in [6.07, 6.45) is 2.72.